The first kappa shape index (κ1) is 12.1. The summed E-state index contributed by atoms with van der Waals surface area (Å²) >= 11 is 7.85. The van der Waals surface area contributed by atoms with Crippen LogP contribution in [0.5, 0.6) is 0 Å². The van der Waals surface area contributed by atoms with Crippen molar-refractivity contribution in [3.8, 4) is 0 Å². The Hall–Kier alpha value is -1.64. The average Bonchev–Trinajstić information content (AvgIpc) is 2.93. The van der Waals surface area contributed by atoms with Gasteiger partial charge < -0.3 is 0 Å². The SMILES string of the molecule is Cc1nc2c(s1)=CC1=CC(c3cccc(Cl)c3)=CCC=21. The molecule has 0 spiro atoms. The number of benzene rings is 1. The lowest BCUT2D eigenvalue weighted by Gasteiger charge is -2.13. The maximum atomic E-state index is 6.08. The van der Waals surface area contributed by atoms with Crippen molar-refractivity contribution < 1.29 is 0 Å². The Labute approximate surface area is 126 Å². The molecule has 1 heterocycles. The van der Waals surface area contributed by atoms with E-state index in [0.717, 1.165) is 16.5 Å². The lowest BCUT2D eigenvalue weighted by molar-refractivity contribution is 1.20. The topological polar surface area (TPSA) is 12.9 Å². The quantitative estimate of drug-likeness (QED) is 0.785. The first-order chi connectivity index (χ1) is 9.70. The van der Waals surface area contributed by atoms with Crippen LogP contribution in [0, 0.1) is 6.92 Å². The molecule has 0 radical (unpaired) electrons. The van der Waals surface area contributed by atoms with Crippen molar-refractivity contribution in [3.05, 3.63) is 67.5 Å². The van der Waals surface area contributed by atoms with E-state index in [1.807, 2.05) is 18.2 Å². The molecule has 0 bridgehead atoms. The fraction of sp³-hybridized carbons (Fsp3) is 0.118. The highest BCUT2D eigenvalue weighted by molar-refractivity contribution is 7.09. The van der Waals surface area contributed by atoms with Gasteiger partial charge in [0.05, 0.1) is 14.9 Å². The zero-order chi connectivity index (χ0) is 13.7. The number of aromatic nitrogens is 1. The maximum absolute atomic E-state index is 6.08. The first-order valence-electron chi connectivity index (χ1n) is 6.57. The second kappa shape index (κ2) is 4.44. The number of allylic oxidation sites excluding steroid dienone is 4. The second-order valence-electron chi connectivity index (χ2n) is 5.04. The van der Waals surface area contributed by atoms with E-state index in [4.69, 9.17) is 11.6 Å². The molecule has 2 aliphatic rings. The van der Waals surface area contributed by atoms with Crippen LogP contribution in [0.1, 0.15) is 17.0 Å². The molecule has 1 nitrogen and oxygen atoms in total. The average molecular weight is 298 g/mol. The molecule has 2 aromatic rings. The predicted molar refractivity (Wildman–Crippen MR) is 86.1 cm³/mol. The molecule has 1 aromatic heterocycles. The monoisotopic (exact) mass is 297 g/mol. The number of thiazole rings is 1. The molecular weight excluding hydrogens is 286 g/mol. The fourth-order valence-corrected chi connectivity index (χ4v) is 3.87. The van der Waals surface area contributed by atoms with Crippen molar-refractivity contribution in [1.82, 2.24) is 4.98 Å². The maximum Gasteiger partial charge on any atom is 0.0907 e. The van der Waals surface area contributed by atoms with Gasteiger partial charge in [-0.2, -0.15) is 0 Å². The summed E-state index contributed by atoms with van der Waals surface area (Å²) in [5.41, 5.74) is 5.08. The highest BCUT2D eigenvalue weighted by Crippen LogP contribution is 2.32. The summed E-state index contributed by atoms with van der Waals surface area (Å²) in [6.07, 6.45) is 7.71. The van der Waals surface area contributed by atoms with E-state index in [1.54, 1.807) is 11.3 Å². The fourth-order valence-electron chi connectivity index (χ4n) is 2.77. The van der Waals surface area contributed by atoms with Gasteiger partial charge in [0.1, 0.15) is 0 Å². The van der Waals surface area contributed by atoms with Gasteiger partial charge in [-0.05, 0) is 59.9 Å². The van der Waals surface area contributed by atoms with Gasteiger partial charge in [0.25, 0.3) is 0 Å². The zero-order valence-electron chi connectivity index (χ0n) is 11.0. The molecule has 1 aromatic carbocycles. The highest BCUT2D eigenvalue weighted by Gasteiger charge is 2.17. The van der Waals surface area contributed by atoms with E-state index in [1.165, 1.54) is 32.2 Å². The molecule has 0 amide bonds. The van der Waals surface area contributed by atoms with Crippen LogP contribution >= 0.6 is 22.9 Å². The molecule has 20 heavy (non-hydrogen) atoms. The first-order valence-corrected chi connectivity index (χ1v) is 7.77. The van der Waals surface area contributed by atoms with Crippen molar-refractivity contribution in [2.24, 2.45) is 0 Å². The van der Waals surface area contributed by atoms with Crippen molar-refractivity contribution in [2.45, 2.75) is 13.3 Å². The number of nitrogens with zero attached hydrogens (tertiary/aromatic N) is 1. The molecule has 98 valence electrons. The molecule has 4 rings (SSSR count). The van der Waals surface area contributed by atoms with Crippen LogP contribution in [-0.4, -0.2) is 4.98 Å². The summed E-state index contributed by atoms with van der Waals surface area (Å²) in [5, 5.41) is 3.10. The Morgan fingerprint density at radius 2 is 2.10 bits per heavy atom. The summed E-state index contributed by atoms with van der Waals surface area (Å²) in [5.74, 6) is 0. The van der Waals surface area contributed by atoms with Crippen LogP contribution in [0.3, 0.4) is 0 Å². The molecule has 0 saturated heterocycles. The number of hydrogen-bond acceptors (Lipinski definition) is 2. The Bertz CT molecular complexity index is 899. The van der Waals surface area contributed by atoms with Gasteiger partial charge in [-0.3, -0.25) is 0 Å². The predicted octanol–water partition coefficient (Wildman–Crippen LogP) is 3.46. The molecule has 0 atom stereocenters. The molecule has 0 unspecified atom stereocenters. The number of rotatable bonds is 1. The molecular formula is C17H12ClNS. The molecule has 3 heteroatoms. The van der Waals surface area contributed by atoms with Crippen molar-refractivity contribution in [3.63, 3.8) is 0 Å². The molecule has 0 aliphatic heterocycles. The minimum atomic E-state index is 0.781. The standard InChI is InChI=1S/C17H12ClNS/c1-10-19-17-15-6-5-12(7-13(15)9-16(17)20-10)11-3-2-4-14(18)8-11/h2-5,7-9H,6H2,1H3. The Balaban J connectivity index is 1.82. The van der Waals surface area contributed by atoms with Crippen LogP contribution in [-0.2, 0) is 0 Å². The minimum absolute atomic E-state index is 0.781. The number of fused-ring (bicyclic) bond motifs is 2. The smallest absolute Gasteiger partial charge is 0.0907 e. The number of aryl methyl sites for hydroxylation is 1. The third-order valence-electron chi connectivity index (χ3n) is 3.68. The Kier molecular flexibility index (Phi) is 2.69. The van der Waals surface area contributed by atoms with E-state index in [0.29, 0.717) is 0 Å². The molecule has 2 aliphatic carbocycles. The third kappa shape index (κ3) is 1.88. The van der Waals surface area contributed by atoms with Gasteiger partial charge in [0.2, 0.25) is 0 Å². The van der Waals surface area contributed by atoms with Crippen molar-refractivity contribution >= 4 is 40.2 Å². The van der Waals surface area contributed by atoms with Gasteiger partial charge in [-0.1, -0.05) is 29.8 Å². The molecule has 0 fully saturated rings. The van der Waals surface area contributed by atoms with Gasteiger partial charge in [-0.15, -0.1) is 11.3 Å². The normalized spacial score (nSPS) is 16.2. The van der Waals surface area contributed by atoms with Gasteiger partial charge in [-0.25, -0.2) is 4.98 Å². The van der Waals surface area contributed by atoms with Crippen LogP contribution in [0.15, 0.2) is 42.0 Å². The lowest BCUT2D eigenvalue weighted by atomic mass is 9.92. The molecule has 0 N–H and O–H groups in total. The number of halogens is 1. The van der Waals surface area contributed by atoms with E-state index in [2.05, 4.69) is 36.2 Å². The Morgan fingerprint density at radius 3 is 2.95 bits per heavy atom. The van der Waals surface area contributed by atoms with Crippen LogP contribution in [0.2, 0.25) is 5.02 Å². The lowest BCUT2D eigenvalue weighted by Crippen LogP contribution is -2.19. The zero-order valence-corrected chi connectivity index (χ0v) is 12.6. The van der Waals surface area contributed by atoms with E-state index in [9.17, 15) is 0 Å². The molecule has 0 saturated carbocycles. The van der Waals surface area contributed by atoms with Gasteiger partial charge >= 0.3 is 0 Å². The summed E-state index contributed by atoms with van der Waals surface area (Å²) in [6.45, 7) is 2.07. The number of hydrogen-bond donors (Lipinski definition) is 0. The summed E-state index contributed by atoms with van der Waals surface area (Å²) < 4.78 is 1.30. The van der Waals surface area contributed by atoms with Crippen LogP contribution < -0.4 is 9.88 Å². The highest BCUT2D eigenvalue weighted by atomic mass is 35.5. The van der Waals surface area contributed by atoms with E-state index < -0.39 is 0 Å². The largest absolute Gasteiger partial charge is 0.241 e. The summed E-state index contributed by atoms with van der Waals surface area (Å²) in [6, 6.07) is 8.02. The minimum Gasteiger partial charge on any atom is -0.241 e. The van der Waals surface area contributed by atoms with Crippen LogP contribution in [0.4, 0.5) is 0 Å². The van der Waals surface area contributed by atoms with Crippen molar-refractivity contribution in [2.75, 3.05) is 0 Å². The summed E-state index contributed by atoms with van der Waals surface area (Å²) in [7, 11) is 0. The van der Waals surface area contributed by atoms with Gasteiger partial charge in [0, 0.05) is 5.02 Å². The van der Waals surface area contributed by atoms with E-state index in [-0.39, 0.29) is 0 Å². The second-order valence-corrected chi connectivity index (χ2v) is 6.71. The Morgan fingerprint density at radius 1 is 1.20 bits per heavy atom. The van der Waals surface area contributed by atoms with Crippen LogP contribution in [0.25, 0.3) is 17.2 Å². The van der Waals surface area contributed by atoms with Crippen molar-refractivity contribution in [1.29, 1.82) is 0 Å². The third-order valence-corrected chi connectivity index (χ3v) is 4.83. The van der Waals surface area contributed by atoms with Gasteiger partial charge in [0.15, 0.2) is 0 Å². The van der Waals surface area contributed by atoms with E-state index >= 15 is 0 Å². The summed E-state index contributed by atoms with van der Waals surface area (Å²) in [4.78, 5) is 4.65.